The number of carbonyl (C=O) groups is 2. The van der Waals surface area contributed by atoms with Crippen LogP contribution in [-0.2, 0) is 4.74 Å². The van der Waals surface area contributed by atoms with Crippen LogP contribution in [-0.4, -0.2) is 36.5 Å². The van der Waals surface area contributed by atoms with E-state index in [1.165, 1.54) is 0 Å². The molecular formula is C22H24O4S2. The molecule has 148 valence electrons. The number of fused-ring (bicyclic) bond motifs is 6. The highest BCUT2D eigenvalue weighted by atomic mass is 32.1. The number of carbonyl (C=O) groups excluding carboxylic acids is 2. The molecule has 3 aliphatic carbocycles. The van der Waals surface area contributed by atoms with Crippen LogP contribution in [0.3, 0.4) is 0 Å². The van der Waals surface area contributed by atoms with E-state index in [1.54, 1.807) is 29.8 Å². The Morgan fingerprint density at radius 2 is 1.32 bits per heavy atom. The number of aryl methyl sites for hydroxylation is 2. The summed E-state index contributed by atoms with van der Waals surface area (Å²) >= 11 is 3.32. The molecule has 3 aliphatic rings. The molecule has 0 aliphatic heterocycles. The molecule has 0 spiro atoms. The zero-order valence-electron chi connectivity index (χ0n) is 16.7. The fourth-order valence-electron chi connectivity index (χ4n) is 5.97. The number of hydrogen-bond donors (Lipinski definition) is 1. The summed E-state index contributed by atoms with van der Waals surface area (Å²) in [5.74, 6) is -0.860. The minimum absolute atomic E-state index is 0.0831. The van der Waals surface area contributed by atoms with Gasteiger partial charge in [0.2, 0.25) is 0 Å². The van der Waals surface area contributed by atoms with Crippen molar-refractivity contribution in [1.29, 1.82) is 0 Å². The van der Waals surface area contributed by atoms with Crippen LogP contribution >= 0.6 is 22.7 Å². The molecular weight excluding hydrogens is 392 g/mol. The molecule has 2 aromatic heterocycles. The van der Waals surface area contributed by atoms with Crippen molar-refractivity contribution < 1.29 is 19.4 Å². The molecule has 0 bridgehead atoms. The van der Waals surface area contributed by atoms with Gasteiger partial charge in [-0.2, -0.15) is 0 Å². The van der Waals surface area contributed by atoms with Crippen LogP contribution in [0.1, 0.15) is 63.2 Å². The Bertz CT molecular complexity index is 948. The van der Waals surface area contributed by atoms with Crippen molar-refractivity contribution in [1.82, 2.24) is 0 Å². The lowest BCUT2D eigenvalue weighted by atomic mass is 9.62. The number of Topliss-reactive ketones (excluding diaryl/α,β-unsaturated/α-hetero) is 2. The molecule has 1 N–H and O–H groups in total. The standard InChI is InChI=1S/C22H24O4S2/c1-7-10(4)28-22-12(7)18(24)14-11(6-23)15-16(20(26-5)17(14)22)19(25)13-8(2)9(3)27-21(13)15/h11,14-17,20,23H,6H2,1-5H3. The Hall–Kier alpha value is -1.34. The molecule has 2 heterocycles. The zero-order valence-corrected chi connectivity index (χ0v) is 18.3. The first kappa shape index (κ1) is 18.7. The number of ether oxygens (including phenoxy) is 1. The molecule has 0 amide bonds. The summed E-state index contributed by atoms with van der Waals surface area (Å²) < 4.78 is 5.96. The molecule has 28 heavy (non-hydrogen) atoms. The van der Waals surface area contributed by atoms with Gasteiger partial charge in [0.1, 0.15) is 0 Å². The number of ketones is 2. The molecule has 2 aromatic rings. The summed E-state index contributed by atoms with van der Waals surface area (Å²) in [7, 11) is 1.66. The van der Waals surface area contributed by atoms with Crippen molar-refractivity contribution >= 4 is 34.2 Å². The summed E-state index contributed by atoms with van der Waals surface area (Å²) in [4.78, 5) is 31.4. The average Bonchev–Trinajstić information content (AvgIpc) is 3.32. The summed E-state index contributed by atoms with van der Waals surface area (Å²) in [5, 5.41) is 10.4. The SMILES string of the molecule is COC1C2C(=O)c3c(sc(C)c3C)C2C(CO)C2C(=O)c3c(sc(C)c3C)C12. The smallest absolute Gasteiger partial charge is 0.170 e. The second kappa shape index (κ2) is 6.08. The number of aliphatic hydroxyl groups excluding tert-OH is 1. The highest BCUT2D eigenvalue weighted by Crippen LogP contribution is 2.63. The van der Waals surface area contributed by atoms with Crippen LogP contribution in [0.15, 0.2) is 0 Å². The Morgan fingerprint density at radius 1 is 0.821 bits per heavy atom. The van der Waals surface area contributed by atoms with Crippen LogP contribution in [0, 0.1) is 45.4 Å². The number of aliphatic hydroxyl groups is 1. The average molecular weight is 417 g/mol. The van der Waals surface area contributed by atoms with Crippen molar-refractivity contribution in [2.24, 2.45) is 17.8 Å². The molecule has 6 heteroatoms. The van der Waals surface area contributed by atoms with E-state index in [2.05, 4.69) is 0 Å². The van der Waals surface area contributed by atoms with Crippen molar-refractivity contribution in [3.8, 4) is 0 Å². The maximum absolute atomic E-state index is 13.5. The summed E-state index contributed by atoms with van der Waals surface area (Å²) in [5.41, 5.74) is 3.74. The van der Waals surface area contributed by atoms with E-state index in [-0.39, 0.29) is 53.9 Å². The van der Waals surface area contributed by atoms with Crippen LogP contribution in [0.4, 0.5) is 0 Å². The highest BCUT2D eigenvalue weighted by molar-refractivity contribution is 7.13. The monoisotopic (exact) mass is 416 g/mol. The number of rotatable bonds is 2. The number of thiophene rings is 2. The lowest BCUT2D eigenvalue weighted by molar-refractivity contribution is -0.0363. The highest BCUT2D eigenvalue weighted by Gasteiger charge is 2.63. The van der Waals surface area contributed by atoms with E-state index >= 15 is 0 Å². The minimum atomic E-state index is -0.327. The van der Waals surface area contributed by atoms with Gasteiger partial charge in [-0.1, -0.05) is 0 Å². The van der Waals surface area contributed by atoms with E-state index < -0.39 is 0 Å². The van der Waals surface area contributed by atoms with Gasteiger partial charge in [-0.3, -0.25) is 9.59 Å². The largest absolute Gasteiger partial charge is 0.396 e. The lowest BCUT2D eigenvalue weighted by Crippen LogP contribution is -2.49. The van der Waals surface area contributed by atoms with E-state index in [9.17, 15) is 14.7 Å². The van der Waals surface area contributed by atoms with Gasteiger partial charge < -0.3 is 9.84 Å². The third kappa shape index (κ3) is 2.02. The Labute approximate surface area is 172 Å². The van der Waals surface area contributed by atoms with Gasteiger partial charge in [-0.15, -0.1) is 22.7 Å². The molecule has 5 rings (SSSR count). The van der Waals surface area contributed by atoms with Crippen LogP contribution < -0.4 is 0 Å². The van der Waals surface area contributed by atoms with E-state index in [4.69, 9.17) is 4.74 Å². The van der Waals surface area contributed by atoms with Gasteiger partial charge in [-0.25, -0.2) is 0 Å². The predicted molar refractivity (Wildman–Crippen MR) is 110 cm³/mol. The Balaban J connectivity index is 1.73. The second-order valence-electron chi connectivity index (χ2n) is 8.42. The molecule has 6 unspecified atom stereocenters. The molecule has 1 saturated carbocycles. The van der Waals surface area contributed by atoms with Crippen molar-refractivity contribution in [2.45, 2.75) is 45.6 Å². The normalized spacial score (nSPS) is 33.1. The Kier molecular flexibility index (Phi) is 4.05. The fraction of sp³-hybridized carbons (Fsp3) is 0.545. The molecule has 0 aromatic carbocycles. The van der Waals surface area contributed by atoms with Crippen molar-refractivity contribution in [2.75, 3.05) is 13.7 Å². The maximum Gasteiger partial charge on any atom is 0.170 e. The quantitative estimate of drug-likeness (QED) is 0.798. The molecule has 0 radical (unpaired) electrons. The van der Waals surface area contributed by atoms with Gasteiger partial charge in [0.05, 0.1) is 12.0 Å². The first-order valence-corrected chi connectivity index (χ1v) is 11.4. The molecule has 4 nitrogen and oxygen atoms in total. The maximum atomic E-state index is 13.5. The molecule has 6 atom stereocenters. The third-order valence-corrected chi connectivity index (χ3v) is 10.0. The van der Waals surface area contributed by atoms with Crippen molar-refractivity contribution in [3.63, 3.8) is 0 Å². The minimum Gasteiger partial charge on any atom is -0.396 e. The zero-order chi connectivity index (χ0) is 20.1. The second-order valence-corrected chi connectivity index (χ2v) is 10.9. The van der Waals surface area contributed by atoms with Gasteiger partial charge in [0.25, 0.3) is 0 Å². The molecule has 0 saturated heterocycles. The van der Waals surface area contributed by atoms with Gasteiger partial charge >= 0.3 is 0 Å². The fourth-order valence-corrected chi connectivity index (χ4v) is 8.73. The van der Waals surface area contributed by atoms with Crippen LogP contribution in [0.5, 0.6) is 0 Å². The summed E-state index contributed by atoms with van der Waals surface area (Å²) in [6.45, 7) is 8.01. The van der Waals surface area contributed by atoms with Gasteiger partial charge in [-0.05, 0) is 38.8 Å². The predicted octanol–water partition coefficient (Wildman–Crippen LogP) is 4.17. The molecule has 1 fully saturated rings. The van der Waals surface area contributed by atoms with E-state index in [1.807, 2.05) is 27.7 Å². The summed E-state index contributed by atoms with van der Waals surface area (Å²) in [6.07, 6.45) is -0.327. The number of hydrogen-bond acceptors (Lipinski definition) is 6. The first-order valence-electron chi connectivity index (χ1n) is 9.75. The topological polar surface area (TPSA) is 63.6 Å². The van der Waals surface area contributed by atoms with Gasteiger partial charge in [0.15, 0.2) is 11.6 Å². The Morgan fingerprint density at radius 3 is 1.82 bits per heavy atom. The number of methoxy groups -OCH3 is 1. The first-order chi connectivity index (χ1) is 13.3. The summed E-state index contributed by atoms with van der Waals surface area (Å²) in [6, 6.07) is 0. The van der Waals surface area contributed by atoms with Gasteiger partial charge in [0, 0.05) is 68.0 Å². The van der Waals surface area contributed by atoms with Crippen molar-refractivity contribution in [3.05, 3.63) is 41.8 Å². The van der Waals surface area contributed by atoms with E-state index in [0.717, 1.165) is 41.8 Å². The third-order valence-electron chi connectivity index (χ3n) is 7.42. The van der Waals surface area contributed by atoms with E-state index in [0.29, 0.717) is 0 Å². The van der Waals surface area contributed by atoms with Crippen LogP contribution in [0.25, 0.3) is 0 Å². The van der Waals surface area contributed by atoms with Crippen LogP contribution in [0.2, 0.25) is 0 Å². The lowest BCUT2D eigenvalue weighted by Gasteiger charge is -2.44.